The SMILES string of the molecule is N#Cc1cccc(-c2nc(C(F)(F)F)no2)c1. The van der Waals surface area contributed by atoms with Crippen LogP contribution < -0.4 is 0 Å². The van der Waals surface area contributed by atoms with E-state index in [1.165, 1.54) is 24.3 Å². The van der Waals surface area contributed by atoms with Crippen molar-refractivity contribution in [1.82, 2.24) is 10.1 Å². The predicted molar refractivity (Wildman–Crippen MR) is 49.5 cm³/mol. The molecule has 2 rings (SSSR count). The topological polar surface area (TPSA) is 62.7 Å². The Balaban J connectivity index is 2.41. The van der Waals surface area contributed by atoms with Crippen molar-refractivity contribution < 1.29 is 17.7 Å². The summed E-state index contributed by atoms with van der Waals surface area (Å²) in [6, 6.07) is 7.75. The normalized spacial score (nSPS) is 11.2. The average molecular weight is 239 g/mol. The third kappa shape index (κ3) is 2.25. The second kappa shape index (κ2) is 3.90. The average Bonchev–Trinajstić information content (AvgIpc) is 2.78. The Morgan fingerprint density at radius 3 is 2.65 bits per heavy atom. The largest absolute Gasteiger partial charge is 0.455 e. The minimum Gasteiger partial charge on any atom is -0.334 e. The molecule has 7 heteroatoms. The molecule has 0 saturated carbocycles. The number of hydrogen-bond donors (Lipinski definition) is 0. The van der Waals surface area contributed by atoms with Crippen molar-refractivity contribution in [3.8, 4) is 17.5 Å². The first-order valence-corrected chi connectivity index (χ1v) is 4.42. The first-order chi connectivity index (χ1) is 8.00. The van der Waals surface area contributed by atoms with Gasteiger partial charge in [0.1, 0.15) is 0 Å². The van der Waals surface area contributed by atoms with E-state index in [0.29, 0.717) is 5.56 Å². The lowest BCUT2D eigenvalue weighted by Crippen LogP contribution is -2.07. The van der Waals surface area contributed by atoms with E-state index < -0.39 is 12.0 Å². The molecule has 0 bridgehead atoms. The van der Waals surface area contributed by atoms with E-state index in [1.54, 1.807) is 0 Å². The van der Waals surface area contributed by atoms with Gasteiger partial charge in [0, 0.05) is 5.56 Å². The zero-order valence-corrected chi connectivity index (χ0v) is 8.19. The Morgan fingerprint density at radius 1 is 1.29 bits per heavy atom. The van der Waals surface area contributed by atoms with E-state index in [4.69, 9.17) is 5.26 Å². The molecule has 0 N–H and O–H groups in total. The van der Waals surface area contributed by atoms with Crippen LogP contribution in [0.3, 0.4) is 0 Å². The van der Waals surface area contributed by atoms with Gasteiger partial charge in [0.2, 0.25) is 0 Å². The van der Waals surface area contributed by atoms with Crippen molar-refractivity contribution in [3.05, 3.63) is 35.7 Å². The number of benzene rings is 1. The van der Waals surface area contributed by atoms with Crippen LogP contribution in [0.1, 0.15) is 11.4 Å². The summed E-state index contributed by atoms with van der Waals surface area (Å²) in [5, 5.41) is 11.5. The molecule has 1 aromatic carbocycles. The highest BCUT2D eigenvalue weighted by molar-refractivity contribution is 5.55. The monoisotopic (exact) mass is 239 g/mol. The van der Waals surface area contributed by atoms with Gasteiger partial charge in [0.15, 0.2) is 0 Å². The number of hydrogen-bond acceptors (Lipinski definition) is 4. The fraction of sp³-hybridized carbons (Fsp3) is 0.100. The molecule has 0 unspecified atom stereocenters. The maximum atomic E-state index is 12.2. The Hall–Kier alpha value is -2.36. The highest BCUT2D eigenvalue weighted by Crippen LogP contribution is 2.28. The summed E-state index contributed by atoms with van der Waals surface area (Å²) in [5.41, 5.74) is 0.571. The molecule has 86 valence electrons. The molecule has 4 nitrogen and oxygen atoms in total. The smallest absolute Gasteiger partial charge is 0.334 e. The Kier molecular flexibility index (Phi) is 2.55. The fourth-order valence-electron chi connectivity index (χ4n) is 1.18. The fourth-order valence-corrected chi connectivity index (χ4v) is 1.18. The molecule has 0 saturated heterocycles. The molecule has 17 heavy (non-hydrogen) atoms. The van der Waals surface area contributed by atoms with Crippen LogP contribution in [0.4, 0.5) is 13.2 Å². The van der Waals surface area contributed by atoms with Gasteiger partial charge in [0.05, 0.1) is 11.6 Å². The molecule has 0 spiro atoms. The van der Waals surface area contributed by atoms with Crippen LogP contribution in [0.2, 0.25) is 0 Å². The summed E-state index contributed by atoms with van der Waals surface area (Å²) in [7, 11) is 0. The van der Waals surface area contributed by atoms with Crippen LogP contribution in [0.25, 0.3) is 11.5 Å². The van der Waals surface area contributed by atoms with Gasteiger partial charge in [-0.1, -0.05) is 11.2 Å². The van der Waals surface area contributed by atoms with Gasteiger partial charge in [0.25, 0.3) is 11.7 Å². The van der Waals surface area contributed by atoms with Gasteiger partial charge in [-0.25, -0.2) is 0 Å². The Morgan fingerprint density at radius 2 is 2.06 bits per heavy atom. The molecule has 0 aliphatic rings. The van der Waals surface area contributed by atoms with E-state index in [1.807, 2.05) is 6.07 Å². The number of alkyl halides is 3. The summed E-state index contributed by atoms with van der Waals surface area (Å²) >= 11 is 0. The molecule has 0 aliphatic heterocycles. The molecular formula is C10H4F3N3O. The number of halogens is 3. The number of rotatable bonds is 1. The lowest BCUT2D eigenvalue weighted by Gasteiger charge is -1.96. The summed E-state index contributed by atoms with van der Waals surface area (Å²) in [6.07, 6.45) is -4.64. The minimum atomic E-state index is -4.64. The molecule has 0 radical (unpaired) electrons. The number of aromatic nitrogens is 2. The number of nitrogens with zero attached hydrogens (tertiary/aromatic N) is 3. The molecule has 0 atom stereocenters. The van der Waals surface area contributed by atoms with Gasteiger partial charge in [-0.2, -0.15) is 23.4 Å². The minimum absolute atomic E-state index is 0.269. The first-order valence-electron chi connectivity index (χ1n) is 4.42. The third-order valence-electron chi connectivity index (χ3n) is 1.92. The molecule has 0 fully saturated rings. The van der Waals surface area contributed by atoms with Crippen LogP contribution >= 0.6 is 0 Å². The van der Waals surface area contributed by atoms with E-state index in [-0.39, 0.29) is 11.5 Å². The van der Waals surface area contributed by atoms with Gasteiger partial charge >= 0.3 is 6.18 Å². The maximum Gasteiger partial charge on any atom is 0.455 e. The van der Waals surface area contributed by atoms with E-state index >= 15 is 0 Å². The van der Waals surface area contributed by atoms with E-state index in [0.717, 1.165) is 0 Å². The van der Waals surface area contributed by atoms with Crippen LogP contribution in [0.5, 0.6) is 0 Å². The standard InChI is InChI=1S/C10H4F3N3O/c11-10(12,13)9-15-8(17-16-9)7-3-1-2-6(4-7)5-14/h1-4H. The second-order valence-corrected chi connectivity index (χ2v) is 3.11. The second-order valence-electron chi connectivity index (χ2n) is 3.11. The van der Waals surface area contributed by atoms with Crippen LogP contribution in [0, 0.1) is 11.3 Å². The molecular weight excluding hydrogens is 235 g/mol. The summed E-state index contributed by atoms with van der Waals surface area (Å²) in [5.74, 6) is -1.61. The number of nitriles is 1. The summed E-state index contributed by atoms with van der Waals surface area (Å²) in [6.45, 7) is 0. The van der Waals surface area contributed by atoms with Gasteiger partial charge in [-0.15, -0.1) is 0 Å². The van der Waals surface area contributed by atoms with Crippen molar-refractivity contribution in [2.24, 2.45) is 0 Å². The first kappa shape index (κ1) is 11.1. The Labute approximate surface area is 93.3 Å². The van der Waals surface area contributed by atoms with Gasteiger partial charge < -0.3 is 4.52 Å². The molecule has 2 aromatic rings. The zero-order valence-electron chi connectivity index (χ0n) is 8.19. The van der Waals surface area contributed by atoms with Crippen molar-refractivity contribution in [2.45, 2.75) is 6.18 Å². The summed E-state index contributed by atoms with van der Waals surface area (Å²) in [4.78, 5) is 3.21. The van der Waals surface area contributed by atoms with Gasteiger partial charge in [-0.3, -0.25) is 0 Å². The lowest BCUT2D eigenvalue weighted by atomic mass is 10.1. The molecule has 1 aromatic heterocycles. The predicted octanol–water partition coefficient (Wildman–Crippen LogP) is 2.63. The molecule has 0 amide bonds. The quantitative estimate of drug-likeness (QED) is 0.767. The molecule has 0 aliphatic carbocycles. The molecule has 1 heterocycles. The third-order valence-corrected chi connectivity index (χ3v) is 1.92. The van der Waals surface area contributed by atoms with Crippen LogP contribution in [-0.2, 0) is 6.18 Å². The van der Waals surface area contributed by atoms with Crippen molar-refractivity contribution in [1.29, 1.82) is 5.26 Å². The van der Waals surface area contributed by atoms with E-state index in [2.05, 4.69) is 14.7 Å². The van der Waals surface area contributed by atoms with E-state index in [9.17, 15) is 13.2 Å². The van der Waals surface area contributed by atoms with Crippen molar-refractivity contribution in [3.63, 3.8) is 0 Å². The maximum absolute atomic E-state index is 12.2. The highest BCUT2D eigenvalue weighted by Gasteiger charge is 2.37. The van der Waals surface area contributed by atoms with Crippen LogP contribution in [-0.4, -0.2) is 10.1 Å². The van der Waals surface area contributed by atoms with Crippen LogP contribution in [0.15, 0.2) is 28.8 Å². The summed E-state index contributed by atoms with van der Waals surface area (Å²) < 4.78 is 41.2. The Bertz CT molecular complexity index is 583. The zero-order chi connectivity index (χ0) is 12.5. The van der Waals surface area contributed by atoms with Crippen molar-refractivity contribution >= 4 is 0 Å². The lowest BCUT2D eigenvalue weighted by molar-refractivity contribution is -0.146. The highest BCUT2D eigenvalue weighted by atomic mass is 19.4. The van der Waals surface area contributed by atoms with Crippen molar-refractivity contribution in [2.75, 3.05) is 0 Å². The van der Waals surface area contributed by atoms with Gasteiger partial charge in [-0.05, 0) is 18.2 Å².